The van der Waals surface area contributed by atoms with Gasteiger partial charge in [0.15, 0.2) is 0 Å². The van der Waals surface area contributed by atoms with Gasteiger partial charge in [-0.3, -0.25) is 24.6 Å². The SMILES string of the molecule is Cc1ccc(/C(O)=C2\C(=O)C(=O)N(c3nnc(C)s3)[C@H]2c2ccc([N+](=O)[O-])cc2)cc1. The lowest BCUT2D eigenvalue weighted by Crippen LogP contribution is -2.29. The first-order valence-electron chi connectivity index (χ1n) is 9.20. The van der Waals surface area contributed by atoms with E-state index in [0.29, 0.717) is 16.1 Å². The molecule has 1 aliphatic heterocycles. The maximum atomic E-state index is 13.0. The van der Waals surface area contributed by atoms with E-state index >= 15 is 0 Å². The van der Waals surface area contributed by atoms with Crippen molar-refractivity contribution in [3.63, 3.8) is 0 Å². The van der Waals surface area contributed by atoms with Crippen LogP contribution in [0.2, 0.25) is 0 Å². The van der Waals surface area contributed by atoms with Crippen LogP contribution in [-0.2, 0) is 9.59 Å². The van der Waals surface area contributed by atoms with Gasteiger partial charge in [0.25, 0.3) is 11.5 Å². The molecule has 2 heterocycles. The number of amides is 1. The van der Waals surface area contributed by atoms with E-state index in [2.05, 4.69) is 10.2 Å². The van der Waals surface area contributed by atoms with Crippen LogP contribution in [0.1, 0.15) is 27.7 Å². The van der Waals surface area contributed by atoms with Gasteiger partial charge in [-0.15, -0.1) is 10.2 Å². The maximum absolute atomic E-state index is 13.0. The van der Waals surface area contributed by atoms with Gasteiger partial charge >= 0.3 is 5.91 Å². The van der Waals surface area contributed by atoms with E-state index in [0.717, 1.165) is 16.9 Å². The molecule has 0 saturated carbocycles. The molecule has 3 aromatic rings. The minimum atomic E-state index is -1.01. The number of ketones is 1. The van der Waals surface area contributed by atoms with Gasteiger partial charge in [0.05, 0.1) is 16.5 Å². The summed E-state index contributed by atoms with van der Waals surface area (Å²) in [6, 6.07) is 11.3. The number of non-ortho nitro benzene ring substituents is 1. The summed E-state index contributed by atoms with van der Waals surface area (Å²) >= 11 is 1.13. The van der Waals surface area contributed by atoms with E-state index in [1.807, 2.05) is 6.92 Å². The smallest absolute Gasteiger partial charge is 0.301 e. The van der Waals surface area contributed by atoms with Crippen molar-refractivity contribution in [2.24, 2.45) is 0 Å². The zero-order valence-corrected chi connectivity index (χ0v) is 17.3. The average Bonchev–Trinajstić information content (AvgIpc) is 3.29. The van der Waals surface area contributed by atoms with Crippen LogP contribution in [0.5, 0.6) is 0 Å². The number of nitro groups is 1. The number of aryl methyl sites for hydroxylation is 2. The predicted octanol–water partition coefficient (Wildman–Crippen LogP) is 3.69. The number of anilines is 1. The summed E-state index contributed by atoms with van der Waals surface area (Å²) in [5.41, 5.74) is 1.52. The molecule has 1 aromatic heterocycles. The second kappa shape index (κ2) is 7.73. The van der Waals surface area contributed by atoms with Crippen molar-refractivity contribution < 1.29 is 19.6 Å². The fourth-order valence-electron chi connectivity index (χ4n) is 3.37. The first-order chi connectivity index (χ1) is 14.8. The van der Waals surface area contributed by atoms with E-state index in [1.165, 1.54) is 29.2 Å². The highest BCUT2D eigenvalue weighted by Crippen LogP contribution is 2.43. The Kier molecular flexibility index (Phi) is 5.07. The molecule has 0 radical (unpaired) electrons. The van der Waals surface area contributed by atoms with Gasteiger partial charge in [-0.2, -0.15) is 0 Å². The highest BCUT2D eigenvalue weighted by Gasteiger charge is 2.48. The Morgan fingerprint density at radius 1 is 1.06 bits per heavy atom. The molecule has 1 amide bonds. The number of carbonyl (C=O) groups excluding carboxylic acids is 2. The molecule has 31 heavy (non-hydrogen) atoms. The van der Waals surface area contributed by atoms with Crippen molar-refractivity contribution in [1.29, 1.82) is 0 Å². The monoisotopic (exact) mass is 436 g/mol. The fraction of sp³-hybridized carbons (Fsp3) is 0.143. The number of hydrogen-bond acceptors (Lipinski definition) is 8. The van der Waals surface area contributed by atoms with Gasteiger partial charge in [0, 0.05) is 17.7 Å². The highest BCUT2D eigenvalue weighted by atomic mass is 32.1. The molecular weight excluding hydrogens is 420 g/mol. The predicted molar refractivity (Wildman–Crippen MR) is 114 cm³/mol. The number of nitrogens with zero attached hydrogens (tertiary/aromatic N) is 4. The molecule has 0 spiro atoms. The molecule has 0 bridgehead atoms. The Hall–Kier alpha value is -3.92. The third-order valence-electron chi connectivity index (χ3n) is 4.91. The molecule has 2 aromatic carbocycles. The van der Waals surface area contributed by atoms with Crippen LogP contribution in [0.15, 0.2) is 54.1 Å². The zero-order valence-electron chi connectivity index (χ0n) is 16.5. The summed E-state index contributed by atoms with van der Waals surface area (Å²) in [7, 11) is 0. The van der Waals surface area contributed by atoms with E-state index in [-0.39, 0.29) is 22.2 Å². The molecule has 156 valence electrons. The number of aliphatic hydroxyl groups excluding tert-OH is 1. The van der Waals surface area contributed by atoms with Crippen molar-refractivity contribution in [2.75, 3.05) is 4.90 Å². The molecular formula is C21H16N4O5S. The summed E-state index contributed by atoms with van der Waals surface area (Å²) in [6.07, 6.45) is 0. The summed E-state index contributed by atoms with van der Waals surface area (Å²) in [6.45, 7) is 3.60. The van der Waals surface area contributed by atoms with Crippen molar-refractivity contribution in [2.45, 2.75) is 19.9 Å². The van der Waals surface area contributed by atoms with Gasteiger partial charge < -0.3 is 5.11 Å². The summed E-state index contributed by atoms with van der Waals surface area (Å²) in [5, 5.41) is 30.7. The lowest BCUT2D eigenvalue weighted by Gasteiger charge is -2.22. The van der Waals surface area contributed by atoms with Gasteiger partial charge in [-0.1, -0.05) is 41.2 Å². The van der Waals surface area contributed by atoms with E-state index in [9.17, 15) is 24.8 Å². The highest BCUT2D eigenvalue weighted by molar-refractivity contribution is 7.15. The maximum Gasteiger partial charge on any atom is 0.301 e. The molecule has 10 heteroatoms. The second-order valence-electron chi connectivity index (χ2n) is 6.99. The Balaban J connectivity index is 1.92. The molecule has 0 unspecified atom stereocenters. The quantitative estimate of drug-likeness (QED) is 0.217. The lowest BCUT2D eigenvalue weighted by atomic mass is 9.95. The number of nitro benzene ring substituents is 1. The number of Topliss-reactive ketones (excluding diaryl/α,β-unsaturated/α-hetero) is 1. The van der Waals surface area contributed by atoms with E-state index in [1.54, 1.807) is 31.2 Å². The normalized spacial score (nSPS) is 17.9. The number of rotatable bonds is 4. The second-order valence-corrected chi connectivity index (χ2v) is 8.15. The molecule has 1 N–H and O–H groups in total. The van der Waals surface area contributed by atoms with Crippen molar-refractivity contribution in [1.82, 2.24) is 10.2 Å². The van der Waals surface area contributed by atoms with E-state index in [4.69, 9.17) is 0 Å². The molecule has 9 nitrogen and oxygen atoms in total. The van der Waals surface area contributed by atoms with Crippen LogP contribution in [0.4, 0.5) is 10.8 Å². The van der Waals surface area contributed by atoms with Crippen LogP contribution < -0.4 is 4.90 Å². The van der Waals surface area contributed by atoms with Crippen molar-refractivity contribution in [3.05, 3.63) is 85.9 Å². The summed E-state index contributed by atoms with van der Waals surface area (Å²) in [5.74, 6) is -2.05. The van der Waals surface area contributed by atoms with Gasteiger partial charge in [0.1, 0.15) is 10.8 Å². The third-order valence-corrected chi connectivity index (χ3v) is 5.75. The Morgan fingerprint density at radius 2 is 1.71 bits per heavy atom. The minimum absolute atomic E-state index is 0.115. The topological polar surface area (TPSA) is 127 Å². The van der Waals surface area contributed by atoms with Crippen molar-refractivity contribution in [3.8, 4) is 0 Å². The molecule has 1 fully saturated rings. The van der Waals surface area contributed by atoms with Crippen LogP contribution in [0.3, 0.4) is 0 Å². The first kappa shape index (κ1) is 20.4. The number of aliphatic hydroxyl groups is 1. The fourth-order valence-corrected chi connectivity index (χ4v) is 4.09. The molecule has 1 aliphatic rings. The summed E-state index contributed by atoms with van der Waals surface area (Å²) in [4.78, 5) is 37.6. The van der Waals surface area contributed by atoms with Gasteiger partial charge in [-0.05, 0) is 31.5 Å². The zero-order chi connectivity index (χ0) is 22.3. The van der Waals surface area contributed by atoms with Crippen LogP contribution in [0, 0.1) is 24.0 Å². The summed E-state index contributed by atoms with van der Waals surface area (Å²) < 4.78 is 0. The largest absolute Gasteiger partial charge is 0.507 e. The van der Waals surface area contributed by atoms with Crippen LogP contribution in [0.25, 0.3) is 5.76 Å². The molecule has 4 rings (SSSR count). The number of hydrogen-bond donors (Lipinski definition) is 1. The number of benzene rings is 2. The molecule has 0 aliphatic carbocycles. The Labute approximate surface area is 180 Å². The Bertz CT molecular complexity index is 1230. The lowest BCUT2D eigenvalue weighted by molar-refractivity contribution is -0.384. The van der Waals surface area contributed by atoms with Crippen LogP contribution in [-0.4, -0.2) is 31.9 Å². The van der Waals surface area contributed by atoms with Crippen LogP contribution >= 0.6 is 11.3 Å². The van der Waals surface area contributed by atoms with Crippen molar-refractivity contribution >= 4 is 39.6 Å². The Morgan fingerprint density at radius 3 is 2.26 bits per heavy atom. The van der Waals surface area contributed by atoms with Gasteiger partial charge in [0.2, 0.25) is 5.13 Å². The first-order valence-corrected chi connectivity index (χ1v) is 10.0. The van der Waals surface area contributed by atoms with Gasteiger partial charge in [-0.25, -0.2) is 0 Å². The number of aromatic nitrogens is 2. The molecule has 1 atom stereocenters. The van der Waals surface area contributed by atoms with E-state index < -0.39 is 22.7 Å². The molecule has 1 saturated heterocycles. The third kappa shape index (κ3) is 3.57. The minimum Gasteiger partial charge on any atom is -0.507 e. The standard InChI is InChI=1S/C21H16N4O5S/c1-11-3-5-14(6-4-11)18(26)16-17(13-7-9-15(10-8-13)25(29)30)24(20(28)19(16)27)21-23-22-12(2)31-21/h3-10,17,26H,1-2H3/b18-16+/t17-/m0/s1. The number of carbonyl (C=O) groups is 2. The average molecular weight is 436 g/mol.